The first kappa shape index (κ1) is 25.4. The fourth-order valence-electron chi connectivity index (χ4n) is 3.08. The van der Waals surface area contributed by atoms with Crippen molar-refractivity contribution in [2.45, 2.75) is 38.5 Å². The number of hydrogen-bond acceptors (Lipinski definition) is 5. The maximum atomic E-state index is 12.6. The summed E-state index contributed by atoms with van der Waals surface area (Å²) in [6, 6.07) is 9.58. The van der Waals surface area contributed by atoms with E-state index in [1.165, 1.54) is 17.8 Å². The minimum atomic E-state index is -0.436. The quantitative estimate of drug-likeness (QED) is 0.363. The van der Waals surface area contributed by atoms with Crippen LogP contribution in [-0.2, 0) is 11.3 Å². The molecular formula is C22H22Cl3N5O2S. The molecule has 0 aliphatic rings. The molecule has 0 fully saturated rings. The van der Waals surface area contributed by atoms with Gasteiger partial charge in [0.1, 0.15) is 0 Å². The summed E-state index contributed by atoms with van der Waals surface area (Å²) >= 11 is 19.3. The molecular weight excluding hydrogens is 505 g/mol. The summed E-state index contributed by atoms with van der Waals surface area (Å²) in [5, 5.41) is 16.0. The summed E-state index contributed by atoms with van der Waals surface area (Å²) in [6.45, 7) is 6.21. The van der Waals surface area contributed by atoms with Crippen LogP contribution in [0.4, 0.5) is 5.69 Å². The van der Waals surface area contributed by atoms with Crippen LogP contribution in [0.25, 0.3) is 0 Å². The van der Waals surface area contributed by atoms with Gasteiger partial charge in [0.15, 0.2) is 11.0 Å². The molecule has 33 heavy (non-hydrogen) atoms. The second kappa shape index (κ2) is 11.2. The van der Waals surface area contributed by atoms with Gasteiger partial charge in [-0.1, -0.05) is 52.6 Å². The number of benzene rings is 2. The molecule has 2 aromatic carbocycles. The normalized spacial score (nSPS) is 11.8. The molecule has 1 atom stereocenters. The van der Waals surface area contributed by atoms with Crippen LogP contribution in [0.2, 0.25) is 15.1 Å². The summed E-state index contributed by atoms with van der Waals surface area (Å²) in [5.74, 6) is 0.187. The number of aryl methyl sites for hydroxylation is 1. The van der Waals surface area contributed by atoms with E-state index in [4.69, 9.17) is 34.8 Å². The third-order valence-corrected chi connectivity index (χ3v) is 6.53. The minimum Gasteiger partial charge on any atom is -0.342 e. The van der Waals surface area contributed by atoms with Gasteiger partial charge in [-0.05, 0) is 56.7 Å². The van der Waals surface area contributed by atoms with Crippen LogP contribution in [0, 0.1) is 6.92 Å². The van der Waals surface area contributed by atoms with Crippen molar-refractivity contribution in [2.75, 3.05) is 11.1 Å². The van der Waals surface area contributed by atoms with Crippen LogP contribution in [0.15, 0.2) is 41.6 Å². The van der Waals surface area contributed by atoms with Crippen molar-refractivity contribution in [3.63, 3.8) is 0 Å². The molecule has 0 spiro atoms. The number of nitrogens with zero attached hydrogens (tertiary/aromatic N) is 3. The Hall–Kier alpha value is -2.26. The largest absolute Gasteiger partial charge is 0.342 e. The number of carbonyl (C=O) groups is 2. The van der Waals surface area contributed by atoms with E-state index in [0.29, 0.717) is 38.8 Å². The Morgan fingerprint density at radius 2 is 1.79 bits per heavy atom. The number of anilines is 1. The number of aromatic nitrogens is 3. The van der Waals surface area contributed by atoms with E-state index in [1.54, 1.807) is 31.2 Å². The predicted octanol–water partition coefficient (Wildman–Crippen LogP) is 5.79. The van der Waals surface area contributed by atoms with Crippen molar-refractivity contribution in [1.82, 2.24) is 20.1 Å². The molecule has 0 saturated heterocycles. The van der Waals surface area contributed by atoms with E-state index >= 15 is 0 Å². The van der Waals surface area contributed by atoms with Crippen molar-refractivity contribution in [3.8, 4) is 0 Å². The third-order valence-electron chi connectivity index (χ3n) is 4.78. The number of halogens is 3. The highest BCUT2D eigenvalue weighted by atomic mass is 35.5. The molecule has 0 unspecified atom stereocenters. The second-order valence-corrected chi connectivity index (χ2v) is 9.42. The van der Waals surface area contributed by atoms with Crippen molar-refractivity contribution in [1.29, 1.82) is 0 Å². The topological polar surface area (TPSA) is 88.9 Å². The lowest BCUT2D eigenvalue weighted by molar-refractivity contribution is -0.113. The van der Waals surface area contributed by atoms with Gasteiger partial charge in [0.2, 0.25) is 5.91 Å². The van der Waals surface area contributed by atoms with Gasteiger partial charge in [0.25, 0.3) is 5.91 Å². The molecule has 1 heterocycles. The molecule has 1 aromatic heterocycles. The maximum Gasteiger partial charge on any atom is 0.253 e. The van der Waals surface area contributed by atoms with Gasteiger partial charge in [-0.3, -0.25) is 9.59 Å². The summed E-state index contributed by atoms with van der Waals surface area (Å²) in [7, 11) is 0. The Labute approximate surface area is 211 Å². The molecule has 0 aliphatic carbocycles. The average Bonchev–Trinajstić information content (AvgIpc) is 3.17. The van der Waals surface area contributed by atoms with Crippen molar-refractivity contribution >= 4 is 64.1 Å². The lowest BCUT2D eigenvalue weighted by Gasteiger charge is -2.15. The van der Waals surface area contributed by atoms with Gasteiger partial charge in [0.05, 0.1) is 22.4 Å². The van der Waals surface area contributed by atoms with Gasteiger partial charge in [-0.2, -0.15) is 0 Å². The maximum absolute atomic E-state index is 12.6. The lowest BCUT2D eigenvalue weighted by Crippen LogP contribution is -2.29. The van der Waals surface area contributed by atoms with Gasteiger partial charge in [-0.15, -0.1) is 10.2 Å². The first-order chi connectivity index (χ1) is 15.7. The Kier molecular flexibility index (Phi) is 8.64. The van der Waals surface area contributed by atoms with E-state index in [-0.39, 0.29) is 22.6 Å². The molecule has 11 heteroatoms. The first-order valence-electron chi connectivity index (χ1n) is 10.1. The molecule has 174 valence electrons. The summed E-state index contributed by atoms with van der Waals surface area (Å²) in [6.07, 6.45) is 0. The Bertz CT molecular complexity index is 1180. The fourth-order valence-corrected chi connectivity index (χ4v) is 4.56. The van der Waals surface area contributed by atoms with Crippen molar-refractivity contribution in [2.24, 2.45) is 0 Å². The molecule has 2 amide bonds. The summed E-state index contributed by atoms with van der Waals surface area (Å²) in [5.41, 5.74) is 1.91. The standard InChI is InChI=1S/C22H22Cl3N5O2S/c1-4-30-20(13(3)26-21(32)16-8-7-14(23)9-17(16)25)28-29-22(30)33-11-19(31)27-18-10-15(24)6-5-12(18)2/h5-10,13H,4,11H2,1-3H3,(H,26,32)(H,27,31)/t13-/m1/s1. The Morgan fingerprint density at radius 3 is 2.48 bits per heavy atom. The Balaban J connectivity index is 1.65. The SMILES string of the molecule is CCn1c(SCC(=O)Nc2cc(Cl)ccc2C)nnc1[C@@H](C)NC(=O)c1ccc(Cl)cc1Cl. The van der Waals surface area contributed by atoms with Gasteiger partial charge in [0, 0.05) is 22.3 Å². The third kappa shape index (κ3) is 6.41. The van der Waals surface area contributed by atoms with E-state index in [1.807, 2.05) is 24.5 Å². The van der Waals surface area contributed by atoms with E-state index < -0.39 is 6.04 Å². The molecule has 0 radical (unpaired) electrons. The van der Waals surface area contributed by atoms with Gasteiger partial charge >= 0.3 is 0 Å². The van der Waals surface area contributed by atoms with Crippen molar-refractivity contribution in [3.05, 3.63) is 68.4 Å². The molecule has 0 saturated carbocycles. The number of thioether (sulfide) groups is 1. The average molecular weight is 527 g/mol. The first-order valence-corrected chi connectivity index (χ1v) is 12.2. The van der Waals surface area contributed by atoms with Crippen LogP contribution in [0.5, 0.6) is 0 Å². The van der Waals surface area contributed by atoms with E-state index in [0.717, 1.165) is 5.56 Å². The van der Waals surface area contributed by atoms with Gasteiger partial charge in [-0.25, -0.2) is 0 Å². The van der Waals surface area contributed by atoms with Crippen molar-refractivity contribution < 1.29 is 9.59 Å². The van der Waals surface area contributed by atoms with Crippen LogP contribution in [0.1, 0.15) is 41.6 Å². The number of carbonyl (C=O) groups excluding carboxylic acids is 2. The molecule has 0 bridgehead atoms. The number of nitrogens with one attached hydrogen (secondary N) is 2. The number of hydrogen-bond donors (Lipinski definition) is 2. The van der Waals surface area contributed by atoms with Crippen LogP contribution in [-0.4, -0.2) is 32.3 Å². The zero-order valence-corrected chi connectivity index (χ0v) is 21.2. The Morgan fingerprint density at radius 1 is 1.09 bits per heavy atom. The fraction of sp³-hybridized carbons (Fsp3) is 0.273. The zero-order chi connectivity index (χ0) is 24.1. The molecule has 2 N–H and O–H groups in total. The van der Waals surface area contributed by atoms with E-state index in [9.17, 15) is 9.59 Å². The monoisotopic (exact) mass is 525 g/mol. The lowest BCUT2D eigenvalue weighted by atomic mass is 10.2. The predicted molar refractivity (Wildman–Crippen MR) is 134 cm³/mol. The second-order valence-electron chi connectivity index (χ2n) is 7.20. The molecule has 0 aliphatic heterocycles. The van der Waals surface area contributed by atoms with Gasteiger partial charge < -0.3 is 15.2 Å². The summed E-state index contributed by atoms with van der Waals surface area (Å²) < 4.78 is 1.86. The molecule has 3 rings (SSSR count). The molecule has 3 aromatic rings. The van der Waals surface area contributed by atoms with Crippen LogP contribution >= 0.6 is 46.6 Å². The highest BCUT2D eigenvalue weighted by molar-refractivity contribution is 7.99. The smallest absolute Gasteiger partial charge is 0.253 e. The highest BCUT2D eigenvalue weighted by Gasteiger charge is 2.21. The van der Waals surface area contributed by atoms with Crippen LogP contribution < -0.4 is 10.6 Å². The highest BCUT2D eigenvalue weighted by Crippen LogP contribution is 2.25. The zero-order valence-electron chi connectivity index (χ0n) is 18.2. The number of rotatable bonds is 8. The summed E-state index contributed by atoms with van der Waals surface area (Å²) in [4.78, 5) is 25.1. The van der Waals surface area contributed by atoms with E-state index in [2.05, 4.69) is 20.8 Å². The number of amides is 2. The minimum absolute atomic E-state index is 0.144. The van der Waals surface area contributed by atoms with Crippen LogP contribution in [0.3, 0.4) is 0 Å². The molecule has 7 nitrogen and oxygen atoms in total.